The maximum absolute atomic E-state index is 12.8. The average molecular weight is 321 g/mol. The highest BCUT2D eigenvalue weighted by Crippen LogP contribution is 2.38. The van der Waals surface area contributed by atoms with Crippen molar-refractivity contribution in [3.05, 3.63) is 27.8 Å². The summed E-state index contributed by atoms with van der Waals surface area (Å²) in [6.07, 6.45) is 0.806. The van der Waals surface area contributed by atoms with Gasteiger partial charge in [0.15, 0.2) is 11.5 Å². The fraction of sp³-hybridized carbons (Fsp3) is 0.533. The second-order valence-corrected chi connectivity index (χ2v) is 5.91. The summed E-state index contributed by atoms with van der Waals surface area (Å²) >= 11 is 0. The number of carbonyl (C=O) groups is 1. The van der Waals surface area contributed by atoms with E-state index in [-0.39, 0.29) is 29.1 Å². The first kappa shape index (κ1) is 15.5. The van der Waals surface area contributed by atoms with E-state index >= 15 is 0 Å². The number of nitrogens with zero attached hydrogens (tertiary/aromatic N) is 2. The fourth-order valence-electron chi connectivity index (χ4n) is 3.15. The molecule has 0 aromatic heterocycles. The number of nitro groups is 1. The third-order valence-corrected chi connectivity index (χ3v) is 4.34. The lowest BCUT2D eigenvalue weighted by atomic mass is 10.1. The van der Waals surface area contributed by atoms with Gasteiger partial charge >= 0.3 is 0 Å². The molecule has 0 saturated carbocycles. The molecule has 1 aromatic rings. The molecule has 2 N–H and O–H groups in total. The zero-order chi connectivity index (χ0) is 16.6. The molecule has 1 aromatic carbocycles. The third kappa shape index (κ3) is 2.81. The van der Waals surface area contributed by atoms with Crippen LogP contribution in [0.2, 0.25) is 0 Å². The summed E-state index contributed by atoms with van der Waals surface area (Å²) < 4.78 is 10.8. The molecule has 1 fully saturated rings. The van der Waals surface area contributed by atoms with E-state index in [9.17, 15) is 14.9 Å². The smallest absolute Gasteiger partial charge is 0.286 e. The van der Waals surface area contributed by atoms with Crippen LogP contribution in [-0.2, 0) is 0 Å². The molecular weight excluding hydrogens is 302 g/mol. The molecule has 2 aliphatic rings. The highest BCUT2D eigenvalue weighted by molar-refractivity contribution is 5.99. The van der Waals surface area contributed by atoms with Crippen molar-refractivity contribution in [2.45, 2.75) is 19.4 Å². The van der Waals surface area contributed by atoms with Crippen LogP contribution in [0, 0.1) is 16.0 Å². The Balaban J connectivity index is 1.97. The lowest BCUT2D eigenvalue weighted by Crippen LogP contribution is -2.35. The van der Waals surface area contributed by atoms with Crippen molar-refractivity contribution in [1.29, 1.82) is 0 Å². The summed E-state index contributed by atoms with van der Waals surface area (Å²) in [7, 11) is 0. The summed E-state index contributed by atoms with van der Waals surface area (Å²) in [6.45, 7) is 3.63. The SMILES string of the molecule is CC1CC(CN)CN1C(=O)c1cc2c(cc1[N+](=O)[O-])OCCO2. The minimum atomic E-state index is -0.563. The van der Waals surface area contributed by atoms with Gasteiger partial charge < -0.3 is 20.1 Å². The number of amides is 1. The average Bonchev–Trinajstić information content (AvgIpc) is 2.94. The highest BCUT2D eigenvalue weighted by atomic mass is 16.6. The number of nitrogens with two attached hydrogens (primary N) is 1. The van der Waals surface area contributed by atoms with Crippen LogP contribution in [0.3, 0.4) is 0 Å². The molecule has 2 atom stereocenters. The van der Waals surface area contributed by atoms with Crippen LogP contribution in [0.4, 0.5) is 5.69 Å². The summed E-state index contributed by atoms with van der Waals surface area (Å²) in [4.78, 5) is 25.2. The van der Waals surface area contributed by atoms with E-state index in [2.05, 4.69) is 0 Å². The molecule has 1 saturated heterocycles. The van der Waals surface area contributed by atoms with Crippen molar-refractivity contribution < 1.29 is 19.2 Å². The molecule has 3 rings (SSSR count). The Hall–Kier alpha value is -2.35. The van der Waals surface area contributed by atoms with Gasteiger partial charge in [0.05, 0.1) is 11.0 Å². The van der Waals surface area contributed by atoms with Gasteiger partial charge in [0.2, 0.25) is 0 Å². The fourth-order valence-corrected chi connectivity index (χ4v) is 3.15. The Morgan fingerprint density at radius 1 is 1.39 bits per heavy atom. The summed E-state index contributed by atoms with van der Waals surface area (Å²) in [6, 6.07) is 2.68. The Labute approximate surface area is 133 Å². The number of hydrogen-bond donors (Lipinski definition) is 1. The zero-order valence-corrected chi connectivity index (χ0v) is 12.9. The summed E-state index contributed by atoms with van der Waals surface area (Å²) in [5.74, 6) is 0.531. The van der Waals surface area contributed by atoms with E-state index in [1.165, 1.54) is 12.1 Å². The largest absolute Gasteiger partial charge is 0.486 e. The van der Waals surface area contributed by atoms with Crippen molar-refractivity contribution in [2.24, 2.45) is 11.7 Å². The van der Waals surface area contributed by atoms with Gasteiger partial charge in [-0.1, -0.05) is 0 Å². The van der Waals surface area contributed by atoms with E-state index in [0.29, 0.717) is 37.8 Å². The van der Waals surface area contributed by atoms with E-state index in [4.69, 9.17) is 15.2 Å². The molecule has 2 aliphatic heterocycles. The van der Waals surface area contributed by atoms with Crippen LogP contribution >= 0.6 is 0 Å². The second-order valence-electron chi connectivity index (χ2n) is 5.91. The Kier molecular flexibility index (Phi) is 4.08. The van der Waals surface area contributed by atoms with Crippen LogP contribution in [0.5, 0.6) is 11.5 Å². The Bertz CT molecular complexity index is 648. The van der Waals surface area contributed by atoms with Crippen molar-refractivity contribution in [3.63, 3.8) is 0 Å². The Morgan fingerprint density at radius 2 is 2.04 bits per heavy atom. The molecular formula is C15H19N3O5. The summed E-state index contributed by atoms with van der Waals surface area (Å²) in [5, 5.41) is 11.3. The maximum Gasteiger partial charge on any atom is 0.286 e. The summed E-state index contributed by atoms with van der Waals surface area (Å²) in [5.41, 5.74) is 5.45. The number of ether oxygens (including phenoxy) is 2. The van der Waals surface area contributed by atoms with Gasteiger partial charge in [-0.15, -0.1) is 0 Å². The van der Waals surface area contributed by atoms with Crippen LogP contribution in [-0.4, -0.2) is 48.1 Å². The van der Waals surface area contributed by atoms with Gasteiger partial charge in [-0.3, -0.25) is 14.9 Å². The van der Waals surface area contributed by atoms with Crippen molar-refractivity contribution in [1.82, 2.24) is 4.90 Å². The number of rotatable bonds is 3. The van der Waals surface area contributed by atoms with Gasteiger partial charge in [-0.2, -0.15) is 0 Å². The molecule has 0 aliphatic carbocycles. The minimum Gasteiger partial charge on any atom is -0.486 e. The molecule has 124 valence electrons. The number of benzene rings is 1. The third-order valence-electron chi connectivity index (χ3n) is 4.34. The highest BCUT2D eigenvalue weighted by Gasteiger charge is 2.36. The molecule has 8 heteroatoms. The van der Waals surface area contributed by atoms with Crippen LogP contribution < -0.4 is 15.2 Å². The molecule has 2 heterocycles. The molecule has 23 heavy (non-hydrogen) atoms. The first-order valence-corrected chi connectivity index (χ1v) is 7.60. The number of likely N-dealkylation sites (tertiary alicyclic amines) is 1. The molecule has 8 nitrogen and oxygen atoms in total. The lowest BCUT2D eigenvalue weighted by molar-refractivity contribution is -0.385. The first-order chi connectivity index (χ1) is 11.0. The van der Waals surface area contributed by atoms with E-state index in [0.717, 1.165) is 6.42 Å². The van der Waals surface area contributed by atoms with Crippen molar-refractivity contribution in [3.8, 4) is 11.5 Å². The topological polar surface area (TPSA) is 108 Å². The molecule has 2 unspecified atom stereocenters. The normalized spacial score (nSPS) is 23.0. The second kappa shape index (κ2) is 6.04. The van der Waals surface area contributed by atoms with Crippen molar-refractivity contribution >= 4 is 11.6 Å². The zero-order valence-electron chi connectivity index (χ0n) is 12.9. The van der Waals surface area contributed by atoms with Gasteiger partial charge in [-0.05, 0) is 25.8 Å². The number of hydrogen-bond acceptors (Lipinski definition) is 6. The maximum atomic E-state index is 12.8. The standard InChI is InChI=1S/C15H19N3O5/c1-9-4-10(7-16)8-17(9)15(19)11-5-13-14(23-3-2-22-13)6-12(11)18(20)21/h5-6,9-10H,2-4,7-8,16H2,1H3. The van der Waals surface area contributed by atoms with Crippen molar-refractivity contribution in [2.75, 3.05) is 26.3 Å². The molecule has 0 radical (unpaired) electrons. The number of carbonyl (C=O) groups excluding carboxylic acids is 1. The van der Waals surface area contributed by atoms with E-state index in [1.807, 2.05) is 6.92 Å². The monoisotopic (exact) mass is 321 g/mol. The van der Waals surface area contributed by atoms with Crippen LogP contribution in [0.25, 0.3) is 0 Å². The Morgan fingerprint density at radius 3 is 2.61 bits per heavy atom. The predicted octanol–water partition coefficient (Wildman–Crippen LogP) is 1.18. The minimum absolute atomic E-state index is 0.00357. The molecule has 1 amide bonds. The van der Waals surface area contributed by atoms with Crippen LogP contribution in [0.1, 0.15) is 23.7 Å². The van der Waals surface area contributed by atoms with E-state index in [1.54, 1.807) is 4.90 Å². The van der Waals surface area contributed by atoms with E-state index < -0.39 is 4.92 Å². The number of nitro benzene ring substituents is 1. The van der Waals surface area contributed by atoms with Gasteiger partial charge in [0.25, 0.3) is 11.6 Å². The van der Waals surface area contributed by atoms with Gasteiger partial charge in [0, 0.05) is 18.7 Å². The predicted molar refractivity (Wildman–Crippen MR) is 81.7 cm³/mol. The van der Waals surface area contributed by atoms with Crippen LogP contribution in [0.15, 0.2) is 12.1 Å². The molecule has 0 spiro atoms. The number of fused-ring (bicyclic) bond motifs is 1. The quantitative estimate of drug-likeness (QED) is 0.661. The lowest BCUT2D eigenvalue weighted by Gasteiger charge is -2.23. The molecule has 0 bridgehead atoms. The van der Waals surface area contributed by atoms with Gasteiger partial charge in [-0.25, -0.2) is 0 Å². The van der Waals surface area contributed by atoms with Gasteiger partial charge in [0.1, 0.15) is 18.8 Å². The first-order valence-electron chi connectivity index (χ1n) is 7.60.